The molecule has 0 aromatic carbocycles. The fourth-order valence-corrected chi connectivity index (χ4v) is 3.84. The second kappa shape index (κ2) is 13.7. The summed E-state index contributed by atoms with van der Waals surface area (Å²) in [6, 6.07) is 4.16. The summed E-state index contributed by atoms with van der Waals surface area (Å²) in [7, 11) is 0. The zero-order chi connectivity index (χ0) is 24.3. The van der Waals surface area contributed by atoms with Crippen LogP contribution in [0.5, 0.6) is 0 Å². The molecule has 1 aromatic heterocycles. The molecule has 1 aromatic rings. The van der Waals surface area contributed by atoms with Crippen LogP contribution in [0, 0.1) is 17.3 Å². The van der Waals surface area contributed by atoms with Crippen LogP contribution < -0.4 is 10.2 Å². The number of aliphatic imine (C=N–C) groups is 1. The van der Waals surface area contributed by atoms with Gasteiger partial charge in [-0.3, -0.25) is 9.79 Å². The predicted molar refractivity (Wildman–Crippen MR) is 142 cm³/mol. The van der Waals surface area contributed by atoms with E-state index >= 15 is 0 Å². The normalized spacial score (nSPS) is 15.5. The Balaban J connectivity index is 0.00000249. The Morgan fingerprint density at radius 1 is 1.28 bits per heavy atom. The van der Waals surface area contributed by atoms with Gasteiger partial charge in [0.15, 0.2) is 0 Å². The third kappa shape index (κ3) is 8.61. The van der Waals surface area contributed by atoms with Crippen molar-refractivity contribution in [2.75, 3.05) is 30.8 Å². The maximum Gasteiger partial charge on any atom is 0.259 e. The van der Waals surface area contributed by atoms with Gasteiger partial charge in [0.25, 0.3) is 5.91 Å². The molecule has 2 rings (SSSR count). The molecule has 0 spiro atoms. The summed E-state index contributed by atoms with van der Waals surface area (Å²) in [4.78, 5) is 24.4. The molecule has 2 heterocycles. The molecule has 0 saturated heterocycles. The van der Waals surface area contributed by atoms with Crippen molar-refractivity contribution in [2.24, 2.45) is 22.2 Å². The molecule has 0 fully saturated rings. The molecule has 1 aliphatic heterocycles. The third-order valence-electron chi connectivity index (χ3n) is 6.01. The molecule has 0 aliphatic carbocycles. The molecule has 0 radical (unpaired) electrons. The van der Waals surface area contributed by atoms with Crippen LogP contribution in [0.2, 0.25) is 0 Å². The van der Waals surface area contributed by atoms with Crippen LogP contribution in [0.3, 0.4) is 0 Å². The van der Waals surface area contributed by atoms with Gasteiger partial charge in [-0.2, -0.15) is 0 Å². The number of rotatable bonds is 10. The highest BCUT2D eigenvalue weighted by Gasteiger charge is 2.23. The standard InChI is InChI=1S/C24H38N4OS.C2H6/c1-8-24(5,6)16-28(15-18(4)17(2)3)21-10-9-19(14-27-21)13-26-20-11-12-25-23(29)22(20)30-7;1-2/h9-10,13-14,17-18H,8,11-12,15-16H2,1-7H3,(H,25,29);1-2H3. The van der Waals surface area contributed by atoms with Crippen molar-refractivity contribution in [3.63, 3.8) is 0 Å². The van der Waals surface area contributed by atoms with Gasteiger partial charge in [-0.1, -0.05) is 55.4 Å². The fraction of sp³-hybridized carbons (Fsp3) is 0.654. The molecule has 32 heavy (non-hydrogen) atoms. The van der Waals surface area contributed by atoms with Gasteiger partial charge < -0.3 is 10.2 Å². The van der Waals surface area contributed by atoms with E-state index in [1.807, 2.05) is 32.5 Å². The lowest BCUT2D eigenvalue weighted by Gasteiger charge is -2.35. The highest BCUT2D eigenvalue weighted by Crippen LogP contribution is 2.27. The number of hydrogen-bond donors (Lipinski definition) is 1. The second-order valence-electron chi connectivity index (χ2n) is 9.31. The summed E-state index contributed by atoms with van der Waals surface area (Å²) in [6.45, 7) is 20.4. The first-order chi connectivity index (χ1) is 15.2. The van der Waals surface area contributed by atoms with Gasteiger partial charge in [0, 0.05) is 44.0 Å². The average molecular weight is 461 g/mol. The van der Waals surface area contributed by atoms with Crippen molar-refractivity contribution in [3.8, 4) is 0 Å². The number of aromatic nitrogens is 1. The lowest BCUT2D eigenvalue weighted by molar-refractivity contribution is -0.117. The second-order valence-corrected chi connectivity index (χ2v) is 10.1. The van der Waals surface area contributed by atoms with E-state index in [2.05, 4.69) is 68.9 Å². The van der Waals surface area contributed by atoms with E-state index in [1.54, 1.807) is 0 Å². The summed E-state index contributed by atoms with van der Waals surface area (Å²) in [5.74, 6) is 2.22. The Hall–Kier alpha value is -1.82. The van der Waals surface area contributed by atoms with E-state index in [0.29, 0.717) is 23.3 Å². The van der Waals surface area contributed by atoms with Crippen LogP contribution in [0.1, 0.15) is 73.8 Å². The lowest BCUT2D eigenvalue weighted by Crippen LogP contribution is -2.38. The predicted octanol–water partition coefficient (Wildman–Crippen LogP) is 6.16. The van der Waals surface area contributed by atoms with Crippen LogP contribution in [0.25, 0.3) is 0 Å². The third-order valence-corrected chi connectivity index (χ3v) is 6.84. The number of carbonyl (C=O) groups excluding carboxylic acids is 1. The Kier molecular flexibility index (Phi) is 12.0. The number of anilines is 1. The van der Waals surface area contributed by atoms with Gasteiger partial charge in [-0.25, -0.2) is 4.98 Å². The van der Waals surface area contributed by atoms with Crippen LogP contribution >= 0.6 is 11.8 Å². The molecule has 0 saturated carbocycles. The summed E-state index contributed by atoms with van der Waals surface area (Å²) in [6.07, 6.45) is 7.50. The summed E-state index contributed by atoms with van der Waals surface area (Å²) >= 11 is 1.45. The van der Waals surface area contributed by atoms with Crippen molar-refractivity contribution < 1.29 is 4.79 Å². The Morgan fingerprint density at radius 3 is 2.50 bits per heavy atom. The zero-order valence-corrected chi connectivity index (χ0v) is 22.5. The smallest absolute Gasteiger partial charge is 0.259 e. The van der Waals surface area contributed by atoms with E-state index in [-0.39, 0.29) is 11.3 Å². The van der Waals surface area contributed by atoms with Crippen molar-refractivity contribution >= 4 is 29.7 Å². The molecule has 6 heteroatoms. The molecule has 1 amide bonds. The van der Waals surface area contributed by atoms with Gasteiger partial charge in [0.1, 0.15) is 5.82 Å². The molecule has 5 nitrogen and oxygen atoms in total. The minimum absolute atomic E-state index is 0.0252. The summed E-state index contributed by atoms with van der Waals surface area (Å²) in [5, 5.41) is 2.87. The number of nitrogens with zero attached hydrogens (tertiary/aromatic N) is 3. The zero-order valence-electron chi connectivity index (χ0n) is 21.7. The van der Waals surface area contributed by atoms with E-state index in [0.717, 1.165) is 43.0 Å². The van der Waals surface area contributed by atoms with Crippen LogP contribution in [0.4, 0.5) is 5.82 Å². The fourth-order valence-electron chi connectivity index (χ4n) is 3.19. The number of amides is 1. The van der Waals surface area contributed by atoms with Crippen molar-refractivity contribution in [3.05, 3.63) is 34.5 Å². The molecule has 1 unspecified atom stereocenters. The minimum atomic E-state index is -0.0252. The summed E-state index contributed by atoms with van der Waals surface area (Å²) < 4.78 is 0. The van der Waals surface area contributed by atoms with Crippen molar-refractivity contribution in [1.29, 1.82) is 0 Å². The first-order valence-corrected chi connectivity index (χ1v) is 13.2. The average Bonchev–Trinajstić information content (AvgIpc) is 2.78. The van der Waals surface area contributed by atoms with Gasteiger partial charge in [-0.15, -0.1) is 11.8 Å². The Bertz CT molecular complexity index is 769. The van der Waals surface area contributed by atoms with E-state index in [4.69, 9.17) is 4.98 Å². The SMILES string of the molecule is CC.CCC(C)(C)CN(CC(C)C(C)C)c1ccc(C=NC2=C(SC)C(=O)NCC2)cn1. The Morgan fingerprint density at radius 2 is 1.97 bits per heavy atom. The topological polar surface area (TPSA) is 57.6 Å². The van der Waals surface area contributed by atoms with Crippen LogP contribution in [0.15, 0.2) is 33.9 Å². The molecule has 0 bridgehead atoms. The van der Waals surface area contributed by atoms with Gasteiger partial charge >= 0.3 is 0 Å². The number of pyridine rings is 1. The summed E-state index contributed by atoms with van der Waals surface area (Å²) in [5.41, 5.74) is 2.04. The molecule has 180 valence electrons. The number of carbonyl (C=O) groups is 1. The molecule has 1 N–H and O–H groups in total. The molecular weight excluding hydrogens is 416 g/mol. The first-order valence-electron chi connectivity index (χ1n) is 12.0. The van der Waals surface area contributed by atoms with E-state index in [9.17, 15) is 4.79 Å². The first kappa shape index (κ1) is 28.2. The maximum absolute atomic E-state index is 12.0. The highest BCUT2D eigenvalue weighted by atomic mass is 32.2. The van der Waals surface area contributed by atoms with Crippen molar-refractivity contribution in [1.82, 2.24) is 10.3 Å². The molecule has 1 aliphatic rings. The Labute approximate surface area is 200 Å². The van der Waals surface area contributed by atoms with Gasteiger partial charge in [0.2, 0.25) is 0 Å². The van der Waals surface area contributed by atoms with Crippen molar-refractivity contribution in [2.45, 2.75) is 68.2 Å². The highest BCUT2D eigenvalue weighted by molar-refractivity contribution is 8.03. The van der Waals surface area contributed by atoms with E-state index < -0.39 is 0 Å². The number of nitrogens with one attached hydrogen (secondary N) is 1. The maximum atomic E-state index is 12.0. The van der Waals surface area contributed by atoms with E-state index in [1.165, 1.54) is 11.8 Å². The minimum Gasteiger partial charge on any atom is -0.356 e. The monoisotopic (exact) mass is 460 g/mol. The van der Waals surface area contributed by atoms with Gasteiger partial charge in [0.05, 0.1) is 10.6 Å². The molecule has 1 atom stereocenters. The largest absolute Gasteiger partial charge is 0.356 e. The quantitative estimate of drug-likeness (QED) is 0.425. The molecular formula is C26H44N4OS. The number of hydrogen-bond acceptors (Lipinski definition) is 5. The van der Waals surface area contributed by atoms with Gasteiger partial charge in [-0.05, 0) is 42.1 Å². The lowest BCUT2D eigenvalue weighted by atomic mass is 9.88. The van der Waals surface area contributed by atoms with Crippen LogP contribution in [-0.2, 0) is 4.79 Å². The van der Waals surface area contributed by atoms with Crippen LogP contribution in [-0.4, -0.2) is 43.0 Å². The number of thioether (sulfide) groups is 1.